The Kier molecular flexibility index (Phi) is 16.9. The van der Waals surface area contributed by atoms with Gasteiger partial charge in [-0.15, -0.1) is 0 Å². The fourth-order valence-electron chi connectivity index (χ4n) is 0.763. The van der Waals surface area contributed by atoms with Gasteiger partial charge >= 0.3 is 0 Å². The molecule has 0 aliphatic rings. The number of hydrogen-bond donors (Lipinski definition) is 0. The summed E-state index contributed by atoms with van der Waals surface area (Å²) in [6.45, 7) is 10.5. The van der Waals surface area contributed by atoms with Crippen molar-refractivity contribution in [1.82, 2.24) is 0 Å². The molecule has 0 aliphatic heterocycles. The normalized spacial score (nSPS) is 12.1. The molecule has 0 fully saturated rings. The van der Waals surface area contributed by atoms with Gasteiger partial charge in [0.1, 0.15) is 0 Å². The highest BCUT2D eigenvalue weighted by atomic mass is 13.9. The lowest BCUT2D eigenvalue weighted by molar-refractivity contribution is 0.664. The first-order chi connectivity index (χ1) is 7.18. The Morgan fingerprint density at radius 2 is 1.13 bits per heavy atom. The molecule has 15 heavy (non-hydrogen) atoms. The molecule has 0 nitrogen and oxygen atoms in total. The lowest BCUT2D eigenvalue weighted by atomic mass is 10.1. The van der Waals surface area contributed by atoms with Crippen LogP contribution in [0.2, 0.25) is 0 Å². The molecule has 0 aliphatic carbocycles. The van der Waals surface area contributed by atoms with E-state index in [1.54, 1.807) is 0 Å². The Balaban J connectivity index is 0. The van der Waals surface area contributed by atoms with Gasteiger partial charge in [-0.1, -0.05) is 62.5 Å². The van der Waals surface area contributed by atoms with Crippen molar-refractivity contribution in [3.05, 3.63) is 48.6 Å². The molecule has 0 aromatic rings. The topological polar surface area (TPSA) is 0 Å². The molecule has 0 radical (unpaired) electrons. The van der Waals surface area contributed by atoms with Gasteiger partial charge in [0.05, 0.1) is 0 Å². The third-order valence-corrected chi connectivity index (χ3v) is 1.54. The summed E-state index contributed by atoms with van der Waals surface area (Å²) in [5, 5.41) is 0. The van der Waals surface area contributed by atoms with Crippen LogP contribution in [-0.2, 0) is 0 Å². The van der Waals surface area contributed by atoms with Gasteiger partial charge < -0.3 is 0 Å². The van der Waals surface area contributed by atoms with E-state index >= 15 is 0 Å². The predicted molar refractivity (Wildman–Crippen MR) is 73.0 cm³/mol. The molecule has 0 bridgehead atoms. The van der Waals surface area contributed by atoms with Crippen LogP contribution in [0.3, 0.4) is 0 Å². The molecule has 0 atom stereocenters. The summed E-state index contributed by atoms with van der Waals surface area (Å²) in [6.07, 6.45) is 17.6. The van der Waals surface area contributed by atoms with E-state index in [0.717, 1.165) is 5.92 Å². The fourth-order valence-corrected chi connectivity index (χ4v) is 0.763. The Morgan fingerprint density at radius 3 is 1.47 bits per heavy atom. The van der Waals surface area contributed by atoms with Gasteiger partial charge in [0, 0.05) is 0 Å². The van der Waals surface area contributed by atoms with E-state index in [1.807, 2.05) is 51.2 Å². The van der Waals surface area contributed by atoms with Crippen LogP contribution in [0.4, 0.5) is 0 Å². The van der Waals surface area contributed by atoms with Gasteiger partial charge in [-0.2, -0.15) is 0 Å². The zero-order chi connectivity index (χ0) is 11.9. The molecule has 0 aromatic heterocycles. The second-order valence-electron chi connectivity index (χ2n) is 3.64. The van der Waals surface area contributed by atoms with Gasteiger partial charge in [0.2, 0.25) is 0 Å². The smallest absolute Gasteiger partial charge is 0.0324 e. The Bertz CT molecular complexity index is 192. The van der Waals surface area contributed by atoms with Crippen molar-refractivity contribution in [3.63, 3.8) is 0 Å². The monoisotopic (exact) mass is 206 g/mol. The fraction of sp³-hybridized carbons (Fsp3) is 0.467. The molecule has 0 heterocycles. The van der Waals surface area contributed by atoms with Crippen molar-refractivity contribution in [2.45, 2.75) is 41.0 Å². The first-order valence-electron chi connectivity index (χ1n) is 5.70. The zero-order valence-electron chi connectivity index (χ0n) is 10.9. The molecule has 0 heteroatoms. The second kappa shape index (κ2) is 15.4. The maximum absolute atomic E-state index is 2.22. The molecule has 0 amide bonds. The van der Waals surface area contributed by atoms with Gasteiger partial charge in [-0.05, 0) is 33.1 Å². The van der Waals surface area contributed by atoms with E-state index in [0.29, 0.717) is 0 Å². The van der Waals surface area contributed by atoms with Crippen molar-refractivity contribution in [3.8, 4) is 0 Å². The van der Waals surface area contributed by atoms with Crippen molar-refractivity contribution in [1.29, 1.82) is 0 Å². The van der Waals surface area contributed by atoms with Crippen molar-refractivity contribution in [2.75, 3.05) is 0 Å². The van der Waals surface area contributed by atoms with Crippen LogP contribution in [0, 0.1) is 5.92 Å². The summed E-state index contributed by atoms with van der Waals surface area (Å²) in [5.74, 6) is 0.784. The minimum absolute atomic E-state index is 0.784. The van der Waals surface area contributed by atoms with Crippen molar-refractivity contribution >= 4 is 0 Å². The summed E-state index contributed by atoms with van der Waals surface area (Å²) >= 11 is 0. The van der Waals surface area contributed by atoms with Gasteiger partial charge in [-0.3, -0.25) is 0 Å². The molecule has 0 unspecified atom stereocenters. The highest BCUT2D eigenvalue weighted by Gasteiger charge is 1.84. The lowest BCUT2D eigenvalue weighted by Crippen LogP contribution is -1.80. The first kappa shape index (κ1) is 16.4. The van der Waals surface area contributed by atoms with Gasteiger partial charge in [0.15, 0.2) is 0 Å². The van der Waals surface area contributed by atoms with E-state index in [4.69, 9.17) is 0 Å². The highest BCUT2D eigenvalue weighted by molar-refractivity contribution is 5.01. The number of rotatable bonds is 4. The average molecular weight is 206 g/mol. The summed E-state index contributed by atoms with van der Waals surface area (Å²) in [5.41, 5.74) is 0. The van der Waals surface area contributed by atoms with Crippen LogP contribution in [0.1, 0.15) is 41.0 Å². The molecule has 0 spiro atoms. The van der Waals surface area contributed by atoms with E-state index in [1.165, 1.54) is 6.42 Å². The Hall–Kier alpha value is -1.04. The molecular formula is C15H26. The molecular weight excluding hydrogens is 180 g/mol. The van der Waals surface area contributed by atoms with E-state index in [-0.39, 0.29) is 0 Å². The van der Waals surface area contributed by atoms with Crippen LogP contribution >= 0.6 is 0 Å². The van der Waals surface area contributed by atoms with E-state index < -0.39 is 0 Å². The van der Waals surface area contributed by atoms with Crippen LogP contribution < -0.4 is 0 Å². The minimum atomic E-state index is 0.784. The molecule has 0 saturated heterocycles. The zero-order valence-corrected chi connectivity index (χ0v) is 10.9. The molecule has 0 saturated carbocycles. The quantitative estimate of drug-likeness (QED) is 0.547. The summed E-state index contributed by atoms with van der Waals surface area (Å²) < 4.78 is 0. The van der Waals surface area contributed by atoms with Crippen LogP contribution in [0.15, 0.2) is 48.6 Å². The van der Waals surface area contributed by atoms with E-state index in [9.17, 15) is 0 Å². The maximum atomic E-state index is 2.22. The highest BCUT2D eigenvalue weighted by Crippen LogP contribution is 1.99. The standard InChI is InChI=1S/C9H16.C6H10/c1-4-5-6-7-8-9(2)3;1-3-5-6-4-2/h4-7,9H,8H2,1-3H3;3-6H,1-2H3. The minimum Gasteiger partial charge on any atom is -0.0877 e. The number of hydrogen-bond acceptors (Lipinski definition) is 0. The SMILES string of the molecule is CC=CC=CC.CC=CC=CCC(C)C. The average Bonchev–Trinajstić information content (AvgIpc) is 2.22. The maximum Gasteiger partial charge on any atom is -0.0324 e. The molecule has 86 valence electrons. The van der Waals surface area contributed by atoms with Crippen molar-refractivity contribution in [2.24, 2.45) is 5.92 Å². The van der Waals surface area contributed by atoms with Crippen LogP contribution in [0.5, 0.6) is 0 Å². The third kappa shape index (κ3) is 24.6. The van der Waals surface area contributed by atoms with Crippen LogP contribution in [0.25, 0.3) is 0 Å². The third-order valence-electron chi connectivity index (χ3n) is 1.54. The second-order valence-corrected chi connectivity index (χ2v) is 3.64. The van der Waals surface area contributed by atoms with Gasteiger partial charge in [-0.25, -0.2) is 0 Å². The summed E-state index contributed by atoms with van der Waals surface area (Å²) in [7, 11) is 0. The molecule has 0 aromatic carbocycles. The summed E-state index contributed by atoms with van der Waals surface area (Å²) in [6, 6.07) is 0. The van der Waals surface area contributed by atoms with Gasteiger partial charge in [0.25, 0.3) is 0 Å². The van der Waals surface area contributed by atoms with E-state index in [2.05, 4.69) is 32.1 Å². The predicted octanol–water partition coefficient (Wildman–Crippen LogP) is 5.30. The first-order valence-corrected chi connectivity index (χ1v) is 5.70. The van der Waals surface area contributed by atoms with Crippen LogP contribution in [-0.4, -0.2) is 0 Å². The Morgan fingerprint density at radius 1 is 0.733 bits per heavy atom. The Labute approximate surface area is 96.1 Å². The summed E-state index contributed by atoms with van der Waals surface area (Å²) in [4.78, 5) is 0. The largest absolute Gasteiger partial charge is 0.0877 e. The van der Waals surface area contributed by atoms with Crippen molar-refractivity contribution < 1.29 is 0 Å². The molecule has 0 N–H and O–H groups in total. The lowest BCUT2D eigenvalue weighted by Gasteiger charge is -1.94. The number of allylic oxidation sites excluding steroid dienone is 8. The molecule has 0 rings (SSSR count).